The van der Waals surface area contributed by atoms with E-state index in [0.717, 1.165) is 36.4 Å². The minimum absolute atomic E-state index is 0.0692. The fraction of sp³-hybridized carbons (Fsp3) is 0.222. The van der Waals surface area contributed by atoms with E-state index in [1.54, 1.807) is 0 Å². The molecule has 1 fully saturated rings. The standard InChI is InChI=1S/C36H30O16/c37-12-25-30(45)32(47)33(48)36(52-25)51-24-11-21(44)26-20(43)10-22(14-3-6-17(40)18(41)7-14)49-35(26)28(24)29-31(46)27-19(42)8-16(39)9-23(27)50-34(29)13-1-4-15(38)5-2-13/h1-11,25,29-30,32-34,36-42,44-45,47-48H,12H2/t25-,29?,30-,32+,33-,34+,36-/m1/s1. The molecule has 2 aliphatic heterocycles. The van der Waals surface area contributed by atoms with E-state index in [9.17, 15) is 60.7 Å². The Morgan fingerprint density at radius 1 is 0.712 bits per heavy atom. The van der Waals surface area contributed by atoms with Gasteiger partial charge in [0.1, 0.15) is 87.3 Å². The highest BCUT2D eigenvalue weighted by atomic mass is 16.7. The van der Waals surface area contributed by atoms with Gasteiger partial charge in [-0.1, -0.05) is 12.1 Å². The summed E-state index contributed by atoms with van der Waals surface area (Å²) in [4.78, 5) is 28.4. The molecule has 16 heteroatoms. The number of aromatic hydroxyl groups is 6. The zero-order valence-electron chi connectivity index (χ0n) is 26.5. The number of phenolic OH excluding ortho intramolecular Hbond substituents is 6. The number of fused-ring (bicyclic) bond motifs is 2. The number of hydrogen-bond acceptors (Lipinski definition) is 16. The molecule has 1 aromatic heterocycles. The van der Waals surface area contributed by atoms with E-state index in [-0.39, 0.29) is 33.9 Å². The molecule has 0 amide bonds. The predicted molar refractivity (Wildman–Crippen MR) is 176 cm³/mol. The summed E-state index contributed by atoms with van der Waals surface area (Å²) in [5, 5.41) is 103. The third-order valence-corrected chi connectivity index (χ3v) is 9.02. The molecule has 0 bridgehead atoms. The van der Waals surface area contributed by atoms with Gasteiger partial charge < -0.3 is 69.7 Å². The number of Topliss-reactive ketones (excluding diaryl/α,β-unsaturated/α-hetero) is 1. The minimum atomic E-state index is -1.97. The molecule has 0 radical (unpaired) electrons. The summed E-state index contributed by atoms with van der Waals surface area (Å²) in [6.45, 7) is -0.820. The van der Waals surface area contributed by atoms with Crippen LogP contribution in [0.5, 0.6) is 46.0 Å². The normalized spacial score (nSPS) is 24.3. The van der Waals surface area contributed by atoms with Crippen LogP contribution in [0.15, 0.2) is 75.9 Å². The number of carbonyl (C=O) groups excluding carboxylic acids is 1. The maximum absolute atomic E-state index is 14.7. The molecule has 10 N–H and O–H groups in total. The number of hydrogen-bond donors (Lipinski definition) is 10. The summed E-state index contributed by atoms with van der Waals surface area (Å²) in [6, 6.07) is 12.8. The Morgan fingerprint density at radius 2 is 1.44 bits per heavy atom. The maximum Gasteiger partial charge on any atom is 0.229 e. The number of phenols is 6. The Kier molecular flexibility index (Phi) is 8.56. The molecule has 5 aromatic rings. The lowest BCUT2D eigenvalue weighted by Crippen LogP contribution is -2.60. The van der Waals surface area contributed by atoms with Gasteiger partial charge in [0.15, 0.2) is 22.7 Å². The SMILES string of the molecule is O=C1c2c(O)cc(O)cc2O[C@@H](c2ccc(O)cc2)C1c1c(O[C@@H]2O[C@H](CO)[C@@H](O)[C@H](O)[C@H]2O)cc(O)c2c(=O)cc(-c3ccc(O)c(O)c3)oc12. The van der Waals surface area contributed by atoms with Crippen molar-refractivity contribution in [3.05, 3.63) is 93.6 Å². The summed E-state index contributed by atoms with van der Waals surface area (Å²) >= 11 is 0. The topological polar surface area (TPSA) is 277 Å². The van der Waals surface area contributed by atoms with Crippen LogP contribution in [0.1, 0.15) is 33.5 Å². The van der Waals surface area contributed by atoms with Gasteiger partial charge in [-0.2, -0.15) is 0 Å². The Bertz CT molecular complexity index is 2260. The van der Waals surface area contributed by atoms with E-state index in [4.69, 9.17) is 18.6 Å². The van der Waals surface area contributed by atoms with Gasteiger partial charge in [-0.3, -0.25) is 9.59 Å². The lowest BCUT2D eigenvalue weighted by Gasteiger charge is -2.40. The first-order chi connectivity index (χ1) is 24.8. The second-order valence-electron chi connectivity index (χ2n) is 12.3. The predicted octanol–water partition coefficient (Wildman–Crippen LogP) is 1.97. The van der Waals surface area contributed by atoms with Crippen molar-refractivity contribution in [2.75, 3.05) is 6.61 Å². The van der Waals surface area contributed by atoms with Gasteiger partial charge in [0.25, 0.3) is 0 Å². The number of aliphatic hydroxyl groups excluding tert-OH is 4. The largest absolute Gasteiger partial charge is 0.508 e. The number of carbonyl (C=O) groups is 1. The van der Waals surface area contributed by atoms with Crippen molar-refractivity contribution in [1.29, 1.82) is 0 Å². The van der Waals surface area contributed by atoms with Crippen molar-refractivity contribution in [2.24, 2.45) is 0 Å². The van der Waals surface area contributed by atoms with Crippen LogP contribution in [0, 0.1) is 0 Å². The zero-order chi connectivity index (χ0) is 37.2. The summed E-state index contributed by atoms with van der Waals surface area (Å²) in [7, 11) is 0. The Balaban J connectivity index is 1.53. The number of ether oxygens (including phenoxy) is 3. The lowest BCUT2D eigenvalue weighted by molar-refractivity contribution is -0.277. The van der Waals surface area contributed by atoms with Crippen LogP contribution in [-0.4, -0.2) is 94.2 Å². The molecule has 0 spiro atoms. The second kappa shape index (κ2) is 12.9. The van der Waals surface area contributed by atoms with Crippen LogP contribution in [0.3, 0.4) is 0 Å². The molecule has 4 aromatic carbocycles. The smallest absolute Gasteiger partial charge is 0.229 e. The van der Waals surface area contributed by atoms with E-state index in [2.05, 4.69) is 0 Å². The van der Waals surface area contributed by atoms with Crippen LogP contribution in [0.4, 0.5) is 0 Å². The summed E-state index contributed by atoms with van der Waals surface area (Å²) in [5.74, 6) is -6.56. The van der Waals surface area contributed by atoms with Crippen LogP contribution in [-0.2, 0) is 4.74 Å². The van der Waals surface area contributed by atoms with Crippen molar-refractivity contribution >= 4 is 16.8 Å². The summed E-state index contributed by atoms with van der Waals surface area (Å²) in [5.41, 5.74) is -1.75. The lowest BCUT2D eigenvalue weighted by atomic mass is 9.79. The fourth-order valence-corrected chi connectivity index (χ4v) is 6.44. The molecule has 0 aliphatic carbocycles. The number of rotatable bonds is 6. The van der Waals surface area contributed by atoms with Crippen molar-refractivity contribution in [3.8, 4) is 57.3 Å². The van der Waals surface area contributed by atoms with Gasteiger partial charge in [0.2, 0.25) is 6.29 Å². The van der Waals surface area contributed by atoms with Crippen LogP contribution < -0.4 is 14.9 Å². The van der Waals surface area contributed by atoms with E-state index < -0.39 is 112 Å². The summed E-state index contributed by atoms with van der Waals surface area (Å²) < 4.78 is 24.0. The monoisotopic (exact) mass is 718 g/mol. The first-order valence-corrected chi connectivity index (χ1v) is 15.7. The van der Waals surface area contributed by atoms with Crippen molar-refractivity contribution < 1.29 is 74.5 Å². The van der Waals surface area contributed by atoms with Gasteiger partial charge in [-0.05, 0) is 35.9 Å². The quantitative estimate of drug-likeness (QED) is 0.112. The van der Waals surface area contributed by atoms with Crippen LogP contribution >= 0.6 is 0 Å². The summed E-state index contributed by atoms with van der Waals surface area (Å²) in [6.07, 6.45) is -10.4. The Labute approximate surface area is 291 Å². The van der Waals surface area contributed by atoms with E-state index in [1.807, 2.05) is 0 Å². The van der Waals surface area contributed by atoms with Gasteiger partial charge in [-0.15, -0.1) is 0 Å². The number of aliphatic hydroxyl groups is 4. The zero-order valence-corrected chi connectivity index (χ0v) is 26.5. The van der Waals surface area contributed by atoms with Gasteiger partial charge in [-0.25, -0.2) is 0 Å². The second-order valence-corrected chi connectivity index (χ2v) is 12.3. The average molecular weight is 719 g/mol. The van der Waals surface area contributed by atoms with Gasteiger partial charge in [0, 0.05) is 29.8 Å². The third kappa shape index (κ3) is 5.73. The molecule has 16 nitrogen and oxygen atoms in total. The van der Waals surface area contributed by atoms with E-state index >= 15 is 0 Å². The highest BCUT2D eigenvalue weighted by Crippen LogP contribution is 2.52. The highest BCUT2D eigenvalue weighted by molar-refractivity contribution is 6.09. The average Bonchev–Trinajstić information content (AvgIpc) is 3.10. The molecule has 1 saturated heterocycles. The Hall–Kier alpha value is -6.04. The van der Waals surface area contributed by atoms with Crippen molar-refractivity contribution in [3.63, 3.8) is 0 Å². The van der Waals surface area contributed by atoms with Crippen molar-refractivity contribution in [2.45, 2.75) is 42.7 Å². The minimum Gasteiger partial charge on any atom is -0.508 e. The molecule has 3 heterocycles. The molecule has 270 valence electrons. The van der Waals surface area contributed by atoms with E-state index in [0.29, 0.717) is 0 Å². The molecular weight excluding hydrogens is 688 g/mol. The molecule has 7 atom stereocenters. The first kappa shape index (κ1) is 34.4. The third-order valence-electron chi connectivity index (χ3n) is 9.02. The Morgan fingerprint density at radius 3 is 2.13 bits per heavy atom. The molecule has 1 unspecified atom stereocenters. The number of ketones is 1. The maximum atomic E-state index is 14.7. The molecule has 2 aliphatic rings. The first-order valence-electron chi connectivity index (χ1n) is 15.7. The number of benzene rings is 4. The molecular formula is C36H30O16. The van der Waals surface area contributed by atoms with Crippen LogP contribution in [0.2, 0.25) is 0 Å². The van der Waals surface area contributed by atoms with E-state index in [1.165, 1.54) is 30.3 Å². The van der Waals surface area contributed by atoms with Crippen LogP contribution in [0.25, 0.3) is 22.3 Å². The van der Waals surface area contributed by atoms with Crippen molar-refractivity contribution in [1.82, 2.24) is 0 Å². The van der Waals surface area contributed by atoms with Gasteiger partial charge in [0.05, 0.1) is 18.1 Å². The highest BCUT2D eigenvalue weighted by Gasteiger charge is 2.48. The fourth-order valence-electron chi connectivity index (χ4n) is 6.44. The molecule has 0 saturated carbocycles. The van der Waals surface area contributed by atoms with Gasteiger partial charge >= 0.3 is 0 Å². The molecule has 52 heavy (non-hydrogen) atoms. The molecule has 7 rings (SSSR count).